The van der Waals surface area contributed by atoms with Gasteiger partial charge in [0.25, 0.3) is 0 Å². The smallest absolute Gasteiger partial charge is 0.165 e. The molecule has 4 aliphatic rings. The topological polar surface area (TPSA) is 34.9 Å². The first-order valence-corrected chi connectivity index (χ1v) is 11.7. The lowest BCUT2D eigenvalue weighted by Crippen LogP contribution is -2.52. The molecule has 0 N–H and O–H groups in total. The van der Waals surface area contributed by atoms with E-state index in [0.717, 1.165) is 48.4 Å². The van der Waals surface area contributed by atoms with E-state index in [1.165, 1.54) is 44.9 Å². The molecule has 4 saturated carbocycles. The summed E-state index contributed by atoms with van der Waals surface area (Å²) in [5, 5.41) is 4.60. The average molecular weight is 381 g/mol. The molecule has 3 nitrogen and oxygen atoms in total. The fourth-order valence-electron chi connectivity index (χ4n) is 7.90. The molecule has 4 aliphatic carbocycles. The van der Waals surface area contributed by atoms with Crippen LogP contribution in [0.15, 0.2) is 17.8 Å². The number of fused-ring (bicyclic) bond motifs is 5. The van der Waals surface area contributed by atoms with Crippen LogP contribution in [0, 0.1) is 34.5 Å². The highest BCUT2D eigenvalue weighted by Crippen LogP contribution is 2.66. The summed E-state index contributed by atoms with van der Waals surface area (Å²) < 4.78 is 1.95. The molecule has 28 heavy (non-hydrogen) atoms. The average Bonchev–Trinajstić information content (AvgIpc) is 3.25. The number of carbonyl (C=O) groups excluding carboxylic acids is 1. The van der Waals surface area contributed by atoms with Crippen LogP contribution in [-0.2, 0) is 11.3 Å². The fourth-order valence-corrected chi connectivity index (χ4v) is 7.90. The van der Waals surface area contributed by atoms with Gasteiger partial charge in [0.2, 0.25) is 0 Å². The third-order valence-electron chi connectivity index (χ3n) is 9.53. The zero-order valence-corrected chi connectivity index (χ0v) is 17.9. The highest BCUT2D eigenvalue weighted by atomic mass is 16.1. The second-order valence-electron chi connectivity index (χ2n) is 10.7. The van der Waals surface area contributed by atoms with Crippen molar-refractivity contribution in [2.75, 3.05) is 0 Å². The first-order chi connectivity index (χ1) is 13.5. The number of allylic oxidation sites excluding steroid dienone is 1. The van der Waals surface area contributed by atoms with Crippen molar-refractivity contribution in [3.63, 3.8) is 0 Å². The van der Waals surface area contributed by atoms with Crippen LogP contribution in [-0.4, -0.2) is 15.6 Å². The van der Waals surface area contributed by atoms with Gasteiger partial charge in [-0.05, 0) is 98.7 Å². The van der Waals surface area contributed by atoms with Gasteiger partial charge in [-0.15, -0.1) is 0 Å². The Hall–Kier alpha value is -1.38. The molecule has 0 unspecified atom stereocenters. The largest absolute Gasteiger partial charge is 0.294 e. The zero-order chi connectivity index (χ0) is 19.5. The Morgan fingerprint density at radius 2 is 2.00 bits per heavy atom. The van der Waals surface area contributed by atoms with Crippen molar-refractivity contribution < 1.29 is 4.79 Å². The minimum absolute atomic E-state index is 0.127. The highest BCUT2D eigenvalue weighted by Gasteiger charge is 2.60. The van der Waals surface area contributed by atoms with Crippen molar-refractivity contribution in [3.8, 4) is 0 Å². The number of aryl methyl sites for hydroxylation is 1. The van der Waals surface area contributed by atoms with E-state index in [9.17, 15) is 4.79 Å². The first-order valence-electron chi connectivity index (χ1n) is 11.7. The van der Waals surface area contributed by atoms with Gasteiger partial charge < -0.3 is 0 Å². The molecular weight excluding hydrogens is 344 g/mol. The summed E-state index contributed by atoms with van der Waals surface area (Å²) in [6.07, 6.45) is 16.0. The van der Waals surface area contributed by atoms with Gasteiger partial charge in [0.1, 0.15) is 0 Å². The number of Topliss-reactive ketones (excluding diaryl/α,β-unsaturated/α-hetero) is 1. The Morgan fingerprint density at radius 1 is 1.14 bits per heavy atom. The quantitative estimate of drug-likeness (QED) is 0.599. The Morgan fingerprint density at radius 3 is 2.79 bits per heavy atom. The van der Waals surface area contributed by atoms with Crippen LogP contribution in [0.4, 0.5) is 0 Å². The molecule has 6 atom stereocenters. The highest BCUT2D eigenvalue weighted by molar-refractivity contribution is 6.05. The molecule has 3 heteroatoms. The summed E-state index contributed by atoms with van der Waals surface area (Å²) in [4.78, 5) is 13.5. The lowest BCUT2D eigenvalue weighted by Gasteiger charge is -2.59. The van der Waals surface area contributed by atoms with E-state index in [4.69, 9.17) is 0 Å². The van der Waals surface area contributed by atoms with Gasteiger partial charge in [-0.3, -0.25) is 9.48 Å². The van der Waals surface area contributed by atoms with E-state index in [1.807, 2.05) is 16.9 Å². The summed E-state index contributed by atoms with van der Waals surface area (Å²) >= 11 is 0. The third-order valence-corrected chi connectivity index (χ3v) is 9.53. The van der Waals surface area contributed by atoms with Crippen LogP contribution in [0.1, 0.15) is 84.3 Å². The van der Waals surface area contributed by atoms with Crippen molar-refractivity contribution >= 4 is 11.9 Å². The van der Waals surface area contributed by atoms with Gasteiger partial charge in [-0.25, -0.2) is 0 Å². The second-order valence-corrected chi connectivity index (χ2v) is 10.7. The number of hydrogen-bond acceptors (Lipinski definition) is 2. The van der Waals surface area contributed by atoms with Crippen molar-refractivity contribution in [2.24, 2.45) is 34.5 Å². The number of nitrogens with zero attached hydrogens (tertiary/aromatic N) is 2. The molecular formula is C25H36N2O. The van der Waals surface area contributed by atoms with Crippen molar-refractivity contribution in [1.29, 1.82) is 0 Å². The molecule has 0 saturated heterocycles. The molecule has 0 amide bonds. The number of ketones is 1. The molecule has 0 aliphatic heterocycles. The zero-order valence-electron chi connectivity index (χ0n) is 17.9. The molecule has 4 fully saturated rings. The van der Waals surface area contributed by atoms with E-state index in [-0.39, 0.29) is 5.41 Å². The minimum atomic E-state index is -0.127. The van der Waals surface area contributed by atoms with Crippen LogP contribution in [0.3, 0.4) is 0 Å². The Bertz CT molecular complexity index is 807. The molecule has 0 aromatic carbocycles. The van der Waals surface area contributed by atoms with Gasteiger partial charge in [-0.2, -0.15) is 5.10 Å². The van der Waals surface area contributed by atoms with E-state index in [1.54, 1.807) is 0 Å². The molecule has 1 aromatic heterocycles. The maximum Gasteiger partial charge on any atom is 0.165 e. The van der Waals surface area contributed by atoms with Gasteiger partial charge >= 0.3 is 0 Å². The molecule has 0 radical (unpaired) electrons. The van der Waals surface area contributed by atoms with E-state index in [0.29, 0.717) is 17.1 Å². The van der Waals surface area contributed by atoms with Crippen molar-refractivity contribution in [2.45, 2.75) is 85.1 Å². The SMILES string of the molecule is CCn1ccc(/C=C2/C[C@@H]3[C@H]4CC[C@H]5CCCC[C@]5(C)[C@@H]4CC[C@]3(C)C2=O)n1. The Kier molecular flexibility index (Phi) is 4.37. The summed E-state index contributed by atoms with van der Waals surface area (Å²) in [5.74, 6) is 3.52. The van der Waals surface area contributed by atoms with Gasteiger partial charge in [0.05, 0.1) is 5.69 Å². The predicted octanol–water partition coefficient (Wildman–Crippen LogP) is 5.90. The fraction of sp³-hybridized carbons (Fsp3) is 0.760. The van der Waals surface area contributed by atoms with Gasteiger partial charge in [0.15, 0.2) is 5.78 Å². The van der Waals surface area contributed by atoms with Crippen molar-refractivity contribution in [1.82, 2.24) is 9.78 Å². The number of carbonyl (C=O) groups is 1. The molecule has 5 rings (SSSR count). The summed E-state index contributed by atoms with van der Waals surface area (Å²) in [6.45, 7) is 7.88. The minimum Gasteiger partial charge on any atom is -0.294 e. The Balaban J connectivity index is 1.45. The van der Waals surface area contributed by atoms with E-state index >= 15 is 0 Å². The van der Waals surface area contributed by atoms with Crippen LogP contribution in [0.2, 0.25) is 0 Å². The predicted molar refractivity (Wildman–Crippen MR) is 113 cm³/mol. The maximum atomic E-state index is 13.5. The number of hydrogen-bond donors (Lipinski definition) is 0. The molecule has 152 valence electrons. The lowest BCUT2D eigenvalue weighted by molar-refractivity contribution is -0.137. The number of rotatable bonds is 2. The standard InChI is InChI=1S/C25H36N2O/c1-4-27-14-11-19(26-27)15-17-16-22-20-9-8-18-7-5-6-12-24(18,2)21(20)10-13-25(22,3)23(17)28/h11,14-15,18,20-22H,4-10,12-13,16H2,1-3H3/b17-15-/t18-,20+,21-,22-,24+,25+/m1/s1. The normalized spacial score (nSPS) is 44.2. The first kappa shape index (κ1) is 18.6. The maximum absolute atomic E-state index is 13.5. The third kappa shape index (κ3) is 2.60. The second kappa shape index (κ2) is 6.57. The summed E-state index contributed by atoms with van der Waals surface area (Å²) in [7, 11) is 0. The number of aromatic nitrogens is 2. The van der Waals surface area contributed by atoms with Crippen LogP contribution in [0.5, 0.6) is 0 Å². The monoisotopic (exact) mass is 380 g/mol. The summed E-state index contributed by atoms with van der Waals surface area (Å²) in [5.41, 5.74) is 2.41. The molecule has 0 spiro atoms. The van der Waals surface area contributed by atoms with Gasteiger partial charge in [0, 0.05) is 18.2 Å². The molecule has 1 aromatic rings. The van der Waals surface area contributed by atoms with Crippen LogP contribution >= 0.6 is 0 Å². The summed E-state index contributed by atoms with van der Waals surface area (Å²) in [6, 6.07) is 2.05. The van der Waals surface area contributed by atoms with Gasteiger partial charge in [-0.1, -0.05) is 26.7 Å². The molecule has 1 heterocycles. The van der Waals surface area contributed by atoms with Crippen LogP contribution in [0.25, 0.3) is 6.08 Å². The molecule has 0 bridgehead atoms. The Labute approximate surface area is 170 Å². The van der Waals surface area contributed by atoms with Crippen molar-refractivity contribution in [3.05, 3.63) is 23.5 Å². The van der Waals surface area contributed by atoms with E-state index < -0.39 is 0 Å². The lowest BCUT2D eigenvalue weighted by atomic mass is 9.45. The van der Waals surface area contributed by atoms with E-state index in [2.05, 4.69) is 31.9 Å². The van der Waals surface area contributed by atoms with Crippen LogP contribution < -0.4 is 0 Å².